The first-order chi connectivity index (χ1) is 10.2. The second kappa shape index (κ2) is 5.96. The summed E-state index contributed by atoms with van der Waals surface area (Å²) >= 11 is 1.46. The van der Waals surface area contributed by atoms with E-state index >= 15 is 0 Å². The average molecular weight is 332 g/mol. The summed E-state index contributed by atoms with van der Waals surface area (Å²) in [7, 11) is 0. The monoisotopic (exact) mass is 332 g/mol. The van der Waals surface area contributed by atoms with Crippen LogP contribution >= 0.6 is 11.8 Å². The van der Waals surface area contributed by atoms with Crippen LogP contribution in [0.4, 0.5) is 4.79 Å². The highest BCUT2D eigenvalue weighted by atomic mass is 32.2. The van der Waals surface area contributed by atoms with Gasteiger partial charge in [0, 0.05) is 11.7 Å². The van der Waals surface area contributed by atoms with E-state index in [9.17, 15) is 14.4 Å². The average Bonchev–Trinajstić information content (AvgIpc) is 2.67. The van der Waals surface area contributed by atoms with E-state index in [4.69, 9.17) is 15.2 Å². The third kappa shape index (κ3) is 2.87. The maximum atomic E-state index is 12.4. The second-order valence-electron chi connectivity index (χ2n) is 5.59. The van der Waals surface area contributed by atoms with Gasteiger partial charge in [0.1, 0.15) is 17.5 Å². The van der Waals surface area contributed by atoms with E-state index < -0.39 is 35.2 Å². The van der Waals surface area contributed by atoms with Crippen LogP contribution in [0.2, 0.25) is 0 Å². The van der Waals surface area contributed by atoms with Gasteiger partial charge < -0.3 is 24.8 Å². The number of nitrogens with two attached hydrogens (primary N) is 1. The molecule has 0 aromatic heterocycles. The van der Waals surface area contributed by atoms with Crippen molar-refractivity contribution in [2.24, 2.45) is 5.73 Å². The number of β-lactam (4-membered cyclic amide) rings is 1. The van der Waals surface area contributed by atoms with Crippen molar-refractivity contribution in [3.63, 3.8) is 0 Å². The van der Waals surface area contributed by atoms with Gasteiger partial charge in [-0.1, -0.05) is 0 Å². The van der Waals surface area contributed by atoms with Crippen LogP contribution in [0, 0.1) is 0 Å². The summed E-state index contributed by atoms with van der Waals surface area (Å²) in [5.41, 5.74) is 5.74. The molecule has 0 spiro atoms. The van der Waals surface area contributed by atoms with Crippen molar-refractivity contribution in [3.8, 4) is 0 Å². The minimum Gasteiger partial charge on any atom is -0.435 e. The normalized spacial score (nSPS) is 30.1. The Labute approximate surface area is 132 Å². The minimum atomic E-state index is -1.10. The topological polar surface area (TPSA) is 108 Å². The molecule has 4 atom stereocenters. The standard InChI is InChI=1S/C13H20N2O6S/c1-5-19-12(18)21-6(2)20-11(17)8-13(3,4)22-10-7(14)9(16)15(8)10/h6-8,10H,5,14H2,1-4H3/t6?,7-,8+,10-/m1/s1. The number of nitrogens with zero attached hydrogens (tertiary/aromatic N) is 1. The molecule has 1 amide bonds. The largest absolute Gasteiger partial charge is 0.511 e. The molecule has 0 radical (unpaired) electrons. The first kappa shape index (κ1) is 16.9. The number of esters is 1. The van der Waals surface area contributed by atoms with Crippen molar-refractivity contribution in [2.75, 3.05) is 6.61 Å². The Balaban J connectivity index is 1.99. The van der Waals surface area contributed by atoms with E-state index in [1.54, 1.807) is 6.92 Å². The zero-order chi connectivity index (χ0) is 16.7. The number of hydrogen-bond donors (Lipinski definition) is 1. The zero-order valence-corrected chi connectivity index (χ0v) is 13.7. The van der Waals surface area contributed by atoms with Gasteiger partial charge in [-0.15, -0.1) is 11.8 Å². The van der Waals surface area contributed by atoms with Crippen molar-refractivity contribution in [2.45, 2.75) is 56.2 Å². The summed E-state index contributed by atoms with van der Waals surface area (Å²) in [6.07, 6.45) is -2.01. The molecule has 0 saturated carbocycles. The number of carbonyl (C=O) groups is 3. The van der Waals surface area contributed by atoms with Crippen LogP contribution in [0.1, 0.15) is 27.7 Å². The molecule has 0 aliphatic carbocycles. The fraction of sp³-hybridized carbons (Fsp3) is 0.769. The van der Waals surface area contributed by atoms with Crippen LogP contribution in [0.25, 0.3) is 0 Å². The molecule has 2 saturated heterocycles. The van der Waals surface area contributed by atoms with Gasteiger partial charge >= 0.3 is 12.1 Å². The molecule has 124 valence electrons. The lowest BCUT2D eigenvalue weighted by molar-refractivity contribution is -0.180. The van der Waals surface area contributed by atoms with Gasteiger partial charge in [0.25, 0.3) is 0 Å². The summed E-state index contributed by atoms with van der Waals surface area (Å²) in [5.74, 6) is -0.902. The Kier molecular flexibility index (Phi) is 4.57. The lowest BCUT2D eigenvalue weighted by Crippen LogP contribution is -2.69. The quantitative estimate of drug-likeness (QED) is 0.449. The van der Waals surface area contributed by atoms with Gasteiger partial charge in [-0.05, 0) is 20.8 Å². The van der Waals surface area contributed by atoms with Crippen molar-refractivity contribution >= 4 is 29.8 Å². The van der Waals surface area contributed by atoms with Crippen LogP contribution in [-0.4, -0.2) is 58.0 Å². The molecular weight excluding hydrogens is 312 g/mol. The molecule has 0 aromatic rings. The van der Waals surface area contributed by atoms with Gasteiger partial charge in [-0.3, -0.25) is 4.79 Å². The minimum absolute atomic E-state index is 0.160. The fourth-order valence-corrected chi connectivity index (χ4v) is 4.13. The Morgan fingerprint density at radius 1 is 1.41 bits per heavy atom. The Hall–Kier alpha value is -1.48. The highest BCUT2D eigenvalue weighted by Crippen LogP contribution is 2.50. The Morgan fingerprint density at radius 2 is 2.05 bits per heavy atom. The number of ether oxygens (including phenoxy) is 3. The van der Waals surface area contributed by atoms with Gasteiger partial charge in [0.15, 0.2) is 0 Å². The number of amides is 1. The van der Waals surface area contributed by atoms with Crippen LogP contribution in [0.3, 0.4) is 0 Å². The molecule has 0 aromatic carbocycles. The van der Waals surface area contributed by atoms with Gasteiger partial charge in [0.05, 0.1) is 6.61 Å². The Morgan fingerprint density at radius 3 is 2.64 bits per heavy atom. The first-order valence-corrected chi connectivity index (χ1v) is 7.86. The third-order valence-electron chi connectivity index (χ3n) is 3.51. The zero-order valence-electron chi connectivity index (χ0n) is 12.9. The lowest BCUT2D eigenvalue weighted by atomic mass is 9.96. The highest BCUT2D eigenvalue weighted by Gasteiger charge is 2.63. The molecule has 22 heavy (non-hydrogen) atoms. The van der Waals surface area contributed by atoms with E-state index in [1.165, 1.54) is 23.6 Å². The summed E-state index contributed by atoms with van der Waals surface area (Å²) in [5, 5.41) is -0.221. The molecular formula is C13H20N2O6S. The van der Waals surface area contributed by atoms with Crippen LogP contribution in [-0.2, 0) is 23.8 Å². The van der Waals surface area contributed by atoms with Gasteiger partial charge in [-0.25, -0.2) is 9.59 Å². The summed E-state index contributed by atoms with van der Waals surface area (Å²) in [4.78, 5) is 36.8. The maximum Gasteiger partial charge on any atom is 0.511 e. The predicted octanol–water partition coefficient (Wildman–Crippen LogP) is 0.438. The molecule has 0 bridgehead atoms. The molecule has 8 nitrogen and oxygen atoms in total. The van der Waals surface area contributed by atoms with Crippen molar-refractivity contribution < 1.29 is 28.6 Å². The molecule has 2 rings (SSSR count). The molecule has 9 heteroatoms. The number of carbonyl (C=O) groups excluding carboxylic acids is 3. The van der Waals surface area contributed by atoms with Gasteiger partial charge in [-0.2, -0.15) is 0 Å². The summed E-state index contributed by atoms with van der Waals surface area (Å²) in [6, 6.07) is -1.35. The summed E-state index contributed by atoms with van der Waals surface area (Å²) < 4.78 is 14.0. The smallest absolute Gasteiger partial charge is 0.435 e. The van der Waals surface area contributed by atoms with Crippen molar-refractivity contribution in [1.29, 1.82) is 0 Å². The molecule has 1 unspecified atom stereocenters. The van der Waals surface area contributed by atoms with E-state index in [0.717, 1.165) is 0 Å². The van der Waals surface area contributed by atoms with Crippen LogP contribution in [0.15, 0.2) is 0 Å². The number of fused-ring (bicyclic) bond motifs is 1. The van der Waals surface area contributed by atoms with E-state index in [2.05, 4.69) is 4.74 Å². The molecule has 2 fully saturated rings. The van der Waals surface area contributed by atoms with E-state index in [0.29, 0.717) is 0 Å². The second-order valence-corrected chi connectivity index (χ2v) is 7.36. The SMILES string of the molecule is CCOC(=O)OC(C)OC(=O)[C@@H]1N2C(=O)[C@@H](N)[C@H]2SC1(C)C. The number of rotatable bonds is 4. The molecule has 2 aliphatic heterocycles. The predicted molar refractivity (Wildman–Crippen MR) is 77.7 cm³/mol. The first-order valence-electron chi connectivity index (χ1n) is 6.98. The third-order valence-corrected chi connectivity index (χ3v) is 5.10. The van der Waals surface area contributed by atoms with Crippen molar-refractivity contribution in [1.82, 2.24) is 4.90 Å². The maximum absolute atomic E-state index is 12.4. The van der Waals surface area contributed by atoms with E-state index in [1.807, 2.05) is 13.8 Å². The lowest BCUT2D eigenvalue weighted by Gasteiger charge is -2.42. The number of hydrogen-bond acceptors (Lipinski definition) is 8. The molecule has 2 N–H and O–H groups in total. The van der Waals surface area contributed by atoms with Gasteiger partial charge in [0.2, 0.25) is 12.2 Å². The fourth-order valence-electron chi connectivity index (χ4n) is 2.56. The van der Waals surface area contributed by atoms with Crippen LogP contribution < -0.4 is 5.73 Å². The number of thioether (sulfide) groups is 1. The summed E-state index contributed by atoms with van der Waals surface area (Å²) in [6.45, 7) is 6.89. The molecule has 2 aliphatic rings. The van der Waals surface area contributed by atoms with E-state index in [-0.39, 0.29) is 17.9 Å². The Bertz CT molecular complexity index is 497. The van der Waals surface area contributed by atoms with Crippen molar-refractivity contribution in [3.05, 3.63) is 0 Å². The van der Waals surface area contributed by atoms with Crippen LogP contribution in [0.5, 0.6) is 0 Å². The highest BCUT2D eigenvalue weighted by molar-refractivity contribution is 8.01. The molecule has 2 heterocycles.